The van der Waals surface area contributed by atoms with E-state index in [9.17, 15) is 0 Å². The summed E-state index contributed by atoms with van der Waals surface area (Å²) in [4.78, 5) is 6.82. The molecule has 0 N–H and O–H groups in total. The van der Waals surface area contributed by atoms with E-state index < -0.39 is 0 Å². The second-order valence-electron chi connectivity index (χ2n) is 5.98. The van der Waals surface area contributed by atoms with Crippen LogP contribution in [0.2, 0.25) is 5.02 Å². The second kappa shape index (κ2) is 7.79. The van der Waals surface area contributed by atoms with Gasteiger partial charge in [-0.3, -0.25) is 0 Å². The van der Waals surface area contributed by atoms with Gasteiger partial charge in [-0.15, -0.1) is 0 Å². The fourth-order valence-electron chi connectivity index (χ4n) is 2.97. The summed E-state index contributed by atoms with van der Waals surface area (Å²) in [6.45, 7) is 5.69. The van der Waals surface area contributed by atoms with Crippen LogP contribution >= 0.6 is 11.6 Å². The predicted molar refractivity (Wildman–Crippen MR) is 89.0 cm³/mol. The fraction of sp³-hybridized carbons (Fsp3) is 0.529. The number of piperidine rings is 1. The summed E-state index contributed by atoms with van der Waals surface area (Å²) in [6, 6.07) is 7.53. The number of likely N-dealkylation sites (tertiary alicyclic amines) is 1. The van der Waals surface area contributed by atoms with Gasteiger partial charge in [0.1, 0.15) is 5.75 Å². The van der Waals surface area contributed by atoms with Crippen LogP contribution in [0.3, 0.4) is 0 Å². The average Bonchev–Trinajstić information content (AvgIpc) is 2.99. The molecule has 0 bridgehead atoms. The highest BCUT2D eigenvalue weighted by Gasteiger charge is 2.25. The molecule has 124 valence electrons. The Kier molecular flexibility index (Phi) is 5.51. The van der Waals surface area contributed by atoms with E-state index in [-0.39, 0.29) is 0 Å². The topological polar surface area (TPSA) is 51.4 Å². The molecular weight excluding hydrogens is 314 g/mol. The highest BCUT2D eigenvalue weighted by molar-refractivity contribution is 6.30. The third-order valence-electron chi connectivity index (χ3n) is 4.08. The van der Waals surface area contributed by atoms with E-state index in [1.54, 1.807) is 0 Å². The molecule has 1 saturated heterocycles. The number of hydrogen-bond acceptors (Lipinski definition) is 5. The second-order valence-corrected chi connectivity index (χ2v) is 6.42. The van der Waals surface area contributed by atoms with Crippen LogP contribution < -0.4 is 4.74 Å². The molecule has 1 unspecified atom stereocenters. The lowest BCUT2D eigenvalue weighted by Gasteiger charge is -2.30. The molecule has 2 aromatic rings. The van der Waals surface area contributed by atoms with Crippen molar-refractivity contribution in [1.29, 1.82) is 0 Å². The monoisotopic (exact) mass is 335 g/mol. The van der Waals surface area contributed by atoms with E-state index in [2.05, 4.69) is 15.0 Å². The standard InChI is InChI=1S/C17H22ClN3O2/c1-13-19-17(23-20-13)14-5-3-8-21(12-14)9-4-10-22-16-7-2-6-15(18)11-16/h2,6-7,11,14H,3-5,8-10,12H2,1H3. The minimum atomic E-state index is 0.360. The highest BCUT2D eigenvalue weighted by atomic mass is 35.5. The van der Waals surface area contributed by atoms with Gasteiger partial charge in [-0.25, -0.2) is 0 Å². The molecule has 1 atom stereocenters. The van der Waals surface area contributed by atoms with Crippen LogP contribution in [0.4, 0.5) is 0 Å². The van der Waals surface area contributed by atoms with Crippen molar-refractivity contribution in [1.82, 2.24) is 15.0 Å². The summed E-state index contributed by atoms with van der Waals surface area (Å²) in [5.41, 5.74) is 0. The molecule has 3 rings (SSSR count). The lowest BCUT2D eigenvalue weighted by atomic mass is 9.98. The maximum absolute atomic E-state index is 5.95. The Morgan fingerprint density at radius 3 is 3.13 bits per heavy atom. The summed E-state index contributed by atoms with van der Waals surface area (Å²) in [5.74, 6) is 2.68. The number of hydrogen-bond donors (Lipinski definition) is 0. The van der Waals surface area contributed by atoms with Crippen LogP contribution in [0.15, 0.2) is 28.8 Å². The zero-order valence-electron chi connectivity index (χ0n) is 13.4. The summed E-state index contributed by atoms with van der Waals surface area (Å²) < 4.78 is 11.1. The number of ether oxygens (including phenoxy) is 1. The average molecular weight is 336 g/mol. The number of benzene rings is 1. The molecule has 1 fully saturated rings. The van der Waals surface area contributed by atoms with Crippen molar-refractivity contribution < 1.29 is 9.26 Å². The first kappa shape index (κ1) is 16.3. The van der Waals surface area contributed by atoms with Crippen molar-refractivity contribution in [2.24, 2.45) is 0 Å². The summed E-state index contributed by atoms with van der Waals surface area (Å²) >= 11 is 5.95. The van der Waals surface area contributed by atoms with Gasteiger partial charge in [-0.1, -0.05) is 22.8 Å². The lowest BCUT2D eigenvalue weighted by Crippen LogP contribution is -2.35. The molecule has 0 aliphatic carbocycles. The first-order valence-electron chi connectivity index (χ1n) is 8.11. The van der Waals surface area contributed by atoms with Gasteiger partial charge in [-0.2, -0.15) is 4.98 Å². The van der Waals surface area contributed by atoms with Crippen LogP contribution in [0.25, 0.3) is 0 Å². The predicted octanol–water partition coefficient (Wildman–Crippen LogP) is 3.68. The van der Waals surface area contributed by atoms with Gasteiger partial charge in [0.15, 0.2) is 5.82 Å². The van der Waals surface area contributed by atoms with Crippen molar-refractivity contribution >= 4 is 11.6 Å². The van der Waals surface area contributed by atoms with E-state index >= 15 is 0 Å². The van der Waals surface area contributed by atoms with Crippen LogP contribution in [-0.2, 0) is 0 Å². The molecule has 1 aliphatic heterocycles. The minimum Gasteiger partial charge on any atom is -0.493 e. The SMILES string of the molecule is Cc1noc(C2CCCN(CCCOc3cccc(Cl)c3)C2)n1. The van der Waals surface area contributed by atoms with E-state index in [4.69, 9.17) is 20.9 Å². The third-order valence-corrected chi connectivity index (χ3v) is 4.32. The molecule has 0 saturated carbocycles. The molecule has 0 radical (unpaired) electrons. The molecule has 5 nitrogen and oxygen atoms in total. The largest absolute Gasteiger partial charge is 0.493 e. The maximum Gasteiger partial charge on any atom is 0.231 e. The smallest absolute Gasteiger partial charge is 0.231 e. The van der Waals surface area contributed by atoms with Crippen molar-refractivity contribution in [3.8, 4) is 5.75 Å². The summed E-state index contributed by atoms with van der Waals surface area (Å²) in [5, 5.41) is 4.60. The van der Waals surface area contributed by atoms with Gasteiger partial charge >= 0.3 is 0 Å². The summed E-state index contributed by atoms with van der Waals surface area (Å²) in [7, 11) is 0. The number of halogens is 1. The lowest BCUT2D eigenvalue weighted by molar-refractivity contribution is 0.173. The molecule has 6 heteroatoms. The van der Waals surface area contributed by atoms with Gasteiger partial charge < -0.3 is 14.2 Å². The molecule has 0 spiro atoms. The van der Waals surface area contributed by atoms with Crippen LogP contribution in [0.1, 0.15) is 36.9 Å². The zero-order valence-corrected chi connectivity index (χ0v) is 14.1. The van der Waals surface area contributed by atoms with Gasteiger partial charge in [0.05, 0.1) is 12.5 Å². The van der Waals surface area contributed by atoms with E-state index in [1.165, 1.54) is 6.42 Å². The number of rotatable bonds is 6. The van der Waals surface area contributed by atoms with Crippen LogP contribution in [0, 0.1) is 6.92 Å². The Labute approximate surface area is 141 Å². The van der Waals surface area contributed by atoms with Crippen molar-refractivity contribution in [2.75, 3.05) is 26.2 Å². The maximum atomic E-state index is 5.95. The highest BCUT2D eigenvalue weighted by Crippen LogP contribution is 2.25. The number of aryl methyl sites for hydroxylation is 1. The minimum absolute atomic E-state index is 0.360. The Balaban J connectivity index is 1.41. The van der Waals surface area contributed by atoms with Crippen molar-refractivity contribution in [2.45, 2.75) is 32.1 Å². The summed E-state index contributed by atoms with van der Waals surface area (Å²) in [6.07, 6.45) is 3.28. The molecule has 0 amide bonds. The molecule has 1 aliphatic rings. The molecule has 2 heterocycles. The Morgan fingerprint density at radius 2 is 2.35 bits per heavy atom. The van der Waals surface area contributed by atoms with Crippen molar-refractivity contribution in [3.63, 3.8) is 0 Å². The van der Waals surface area contributed by atoms with Gasteiger partial charge in [0.2, 0.25) is 5.89 Å². The number of nitrogens with zero attached hydrogens (tertiary/aromatic N) is 3. The Bertz CT molecular complexity index is 632. The van der Waals surface area contributed by atoms with Gasteiger partial charge in [0, 0.05) is 18.1 Å². The van der Waals surface area contributed by atoms with Gasteiger partial charge in [-0.05, 0) is 50.9 Å². The zero-order chi connectivity index (χ0) is 16.1. The molecule has 1 aromatic carbocycles. The number of aromatic nitrogens is 2. The van der Waals surface area contributed by atoms with E-state index in [1.807, 2.05) is 31.2 Å². The Hall–Kier alpha value is -1.59. The van der Waals surface area contributed by atoms with Gasteiger partial charge in [0.25, 0.3) is 0 Å². The van der Waals surface area contributed by atoms with E-state index in [0.29, 0.717) is 23.4 Å². The fourth-order valence-corrected chi connectivity index (χ4v) is 3.15. The first-order valence-corrected chi connectivity index (χ1v) is 8.49. The first-order chi connectivity index (χ1) is 11.2. The van der Waals surface area contributed by atoms with Crippen LogP contribution in [0.5, 0.6) is 5.75 Å². The molecule has 23 heavy (non-hydrogen) atoms. The van der Waals surface area contributed by atoms with Crippen molar-refractivity contribution in [3.05, 3.63) is 41.0 Å². The van der Waals surface area contributed by atoms with E-state index in [0.717, 1.165) is 44.1 Å². The van der Waals surface area contributed by atoms with Crippen LogP contribution in [-0.4, -0.2) is 41.3 Å². The Morgan fingerprint density at radius 1 is 1.43 bits per heavy atom. The third kappa shape index (κ3) is 4.69. The molecular formula is C17H22ClN3O2. The molecule has 1 aromatic heterocycles. The normalized spacial score (nSPS) is 19.0. The quantitative estimate of drug-likeness (QED) is 0.754.